The van der Waals surface area contributed by atoms with E-state index in [-0.39, 0.29) is 0 Å². The largest absolute Gasteiger partial charge is 0.437 e. The third-order valence-corrected chi connectivity index (χ3v) is 5.07. The van der Waals surface area contributed by atoms with Crippen molar-refractivity contribution in [1.82, 2.24) is 14.5 Å². The van der Waals surface area contributed by atoms with E-state index in [1.807, 2.05) is 73.0 Å². The van der Waals surface area contributed by atoms with Gasteiger partial charge in [-0.15, -0.1) is 0 Å². The summed E-state index contributed by atoms with van der Waals surface area (Å²) in [7, 11) is 0. The Morgan fingerprint density at radius 2 is 1.83 bits per heavy atom. The number of ether oxygens (including phenoxy) is 1. The first kappa shape index (κ1) is 17.3. The Kier molecular flexibility index (Phi) is 3.95. The molecule has 0 saturated heterocycles. The van der Waals surface area contributed by atoms with Gasteiger partial charge in [0.15, 0.2) is 5.75 Å². The molecule has 0 saturated carbocycles. The van der Waals surface area contributed by atoms with Crippen LogP contribution in [0.1, 0.15) is 18.2 Å². The number of aryl methyl sites for hydroxylation is 1. The highest BCUT2D eigenvalue weighted by atomic mass is 16.5. The summed E-state index contributed by atoms with van der Waals surface area (Å²) in [6.07, 6.45) is 5.79. The number of nitrogens with zero attached hydrogens (tertiary/aromatic N) is 3. The minimum atomic E-state index is 0.591. The Labute approximate surface area is 169 Å². The van der Waals surface area contributed by atoms with Gasteiger partial charge in [-0.05, 0) is 43.7 Å². The summed E-state index contributed by atoms with van der Waals surface area (Å²) in [5.41, 5.74) is 12.3. The maximum atomic E-state index is 6.66. The summed E-state index contributed by atoms with van der Waals surface area (Å²) < 4.78 is 8.35. The summed E-state index contributed by atoms with van der Waals surface area (Å²) in [4.78, 5) is 9.29. The number of nitrogen functional groups attached to an aromatic ring is 1. The third-order valence-electron chi connectivity index (χ3n) is 5.07. The molecule has 0 atom stereocenters. The molecule has 0 amide bonds. The molecule has 1 aliphatic rings. The van der Waals surface area contributed by atoms with Crippen LogP contribution in [-0.2, 0) is 0 Å². The van der Waals surface area contributed by atoms with Gasteiger partial charge >= 0.3 is 0 Å². The number of pyridine rings is 2. The second-order valence-electron chi connectivity index (χ2n) is 6.95. The Morgan fingerprint density at radius 1 is 1.00 bits per heavy atom. The van der Waals surface area contributed by atoms with Gasteiger partial charge in [-0.1, -0.05) is 42.5 Å². The Hall–Kier alpha value is -3.86. The van der Waals surface area contributed by atoms with Crippen LogP contribution in [0.25, 0.3) is 34.3 Å². The predicted octanol–water partition coefficient (Wildman–Crippen LogP) is 5.63. The molecule has 1 aliphatic heterocycles. The number of allylic oxidation sites excluding steroid dienone is 1. The van der Waals surface area contributed by atoms with Gasteiger partial charge in [-0.3, -0.25) is 4.98 Å². The first-order chi connectivity index (χ1) is 14.2. The van der Waals surface area contributed by atoms with Gasteiger partial charge in [0.2, 0.25) is 5.88 Å². The number of benzene rings is 1. The molecule has 2 N–H and O–H groups in total. The summed E-state index contributed by atoms with van der Waals surface area (Å²) in [6, 6.07) is 17.9. The van der Waals surface area contributed by atoms with Crippen molar-refractivity contribution in [2.75, 3.05) is 5.73 Å². The topological polar surface area (TPSA) is 66.0 Å². The van der Waals surface area contributed by atoms with E-state index in [1.54, 1.807) is 6.20 Å². The fraction of sp³-hybridized carbons (Fsp3) is 0.0833. The zero-order valence-corrected chi connectivity index (χ0v) is 16.3. The summed E-state index contributed by atoms with van der Waals surface area (Å²) in [5.74, 6) is 2.65. The van der Waals surface area contributed by atoms with Crippen molar-refractivity contribution < 1.29 is 4.74 Å². The molecule has 3 aromatic heterocycles. The van der Waals surface area contributed by atoms with Crippen LogP contribution in [0, 0.1) is 6.92 Å². The zero-order chi connectivity index (χ0) is 20.0. The van der Waals surface area contributed by atoms with Crippen molar-refractivity contribution in [3.8, 4) is 39.8 Å². The normalized spacial score (nSPS) is 12.1. The quantitative estimate of drug-likeness (QED) is 0.431. The van der Waals surface area contributed by atoms with Crippen molar-refractivity contribution in [3.63, 3.8) is 0 Å². The molecular weight excluding hydrogens is 360 g/mol. The monoisotopic (exact) mass is 380 g/mol. The number of hydrogen-bond donors (Lipinski definition) is 1. The fourth-order valence-electron chi connectivity index (χ4n) is 3.84. The van der Waals surface area contributed by atoms with Crippen LogP contribution in [0.3, 0.4) is 0 Å². The standard InChI is InChI=1S/C24H20N4O/c1-3-8-18-21-16-10-4-5-11-17(16)22-19(12-7-14-26-22)29-24(21)28(23(18)25)20-13-6-9-15(2)27-20/h3-14H,25H2,1-2H3/b8-3-. The predicted molar refractivity (Wildman–Crippen MR) is 116 cm³/mol. The molecule has 0 fully saturated rings. The molecule has 0 unspecified atom stereocenters. The molecule has 1 aromatic carbocycles. The molecule has 0 radical (unpaired) electrons. The Bertz CT molecular complexity index is 1270. The molecule has 29 heavy (non-hydrogen) atoms. The third kappa shape index (κ3) is 2.63. The minimum Gasteiger partial charge on any atom is -0.437 e. The van der Waals surface area contributed by atoms with Crippen LogP contribution in [0.15, 0.2) is 66.9 Å². The van der Waals surface area contributed by atoms with Crippen LogP contribution in [0.5, 0.6) is 11.6 Å². The highest BCUT2D eigenvalue weighted by Gasteiger charge is 2.30. The summed E-state index contributed by atoms with van der Waals surface area (Å²) in [5, 5.41) is 0. The number of rotatable bonds is 2. The second-order valence-corrected chi connectivity index (χ2v) is 6.95. The smallest absolute Gasteiger partial charge is 0.216 e. The highest BCUT2D eigenvalue weighted by molar-refractivity contribution is 5.96. The van der Waals surface area contributed by atoms with Gasteiger partial charge in [0, 0.05) is 23.0 Å². The van der Waals surface area contributed by atoms with Crippen LogP contribution < -0.4 is 10.5 Å². The lowest BCUT2D eigenvalue weighted by atomic mass is 9.96. The lowest BCUT2D eigenvalue weighted by Crippen LogP contribution is -2.05. The summed E-state index contributed by atoms with van der Waals surface area (Å²) >= 11 is 0. The lowest BCUT2D eigenvalue weighted by Gasteiger charge is -2.12. The molecule has 0 spiro atoms. The van der Waals surface area contributed by atoms with E-state index >= 15 is 0 Å². The maximum absolute atomic E-state index is 6.66. The van der Waals surface area contributed by atoms with E-state index in [1.165, 1.54) is 0 Å². The van der Waals surface area contributed by atoms with Crippen LogP contribution in [0.2, 0.25) is 0 Å². The van der Waals surface area contributed by atoms with Gasteiger partial charge in [-0.2, -0.15) is 0 Å². The second kappa shape index (κ2) is 6.63. The van der Waals surface area contributed by atoms with E-state index in [4.69, 9.17) is 15.5 Å². The average Bonchev–Trinajstić information content (AvgIpc) is 2.91. The number of aromatic nitrogens is 3. The minimum absolute atomic E-state index is 0.591. The lowest BCUT2D eigenvalue weighted by molar-refractivity contribution is 0.456. The van der Waals surface area contributed by atoms with Crippen LogP contribution in [-0.4, -0.2) is 14.5 Å². The molecule has 0 aliphatic carbocycles. The van der Waals surface area contributed by atoms with Crippen molar-refractivity contribution >= 4 is 11.9 Å². The van der Waals surface area contributed by atoms with Gasteiger partial charge in [0.25, 0.3) is 0 Å². The van der Waals surface area contributed by atoms with Crippen molar-refractivity contribution in [3.05, 3.63) is 78.1 Å². The number of fused-ring (bicyclic) bond motifs is 5. The van der Waals surface area contributed by atoms with Crippen molar-refractivity contribution in [2.45, 2.75) is 13.8 Å². The molecule has 5 heteroatoms. The number of hydrogen-bond acceptors (Lipinski definition) is 4. The number of anilines is 1. The molecule has 0 bridgehead atoms. The zero-order valence-electron chi connectivity index (χ0n) is 16.3. The highest BCUT2D eigenvalue weighted by Crippen LogP contribution is 2.51. The Morgan fingerprint density at radius 3 is 2.62 bits per heavy atom. The van der Waals surface area contributed by atoms with E-state index in [0.717, 1.165) is 39.5 Å². The first-order valence-electron chi connectivity index (χ1n) is 9.52. The van der Waals surface area contributed by atoms with E-state index < -0.39 is 0 Å². The van der Waals surface area contributed by atoms with Gasteiger partial charge in [-0.25, -0.2) is 9.55 Å². The molecule has 4 heterocycles. The van der Waals surface area contributed by atoms with Gasteiger partial charge in [0.1, 0.15) is 17.3 Å². The van der Waals surface area contributed by atoms with E-state index in [9.17, 15) is 0 Å². The van der Waals surface area contributed by atoms with Gasteiger partial charge < -0.3 is 10.5 Å². The van der Waals surface area contributed by atoms with E-state index in [0.29, 0.717) is 17.4 Å². The van der Waals surface area contributed by atoms with Gasteiger partial charge in [0.05, 0.1) is 5.56 Å². The SMILES string of the molecule is C/C=C\c1c2c(n(-c3cccc(C)n3)c1N)Oc1cccnc1-c1ccccc1-2. The fourth-order valence-corrected chi connectivity index (χ4v) is 3.84. The van der Waals surface area contributed by atoms with E-state index in [2.05, 4.69) is 17.1 Å². The molecule has 5 nitrogen and oxygen atoms in total. The maximum Gasteiger partial charge on any atom is 0.216 e. The molecular formula is C24H20N4O. The molecule has 4 aromatic rings. The van der Waals surface area contributed by atoms with Crippen LogP contribution >= 0.6 is 0 Å². The number of nitrogens with two attached hydrogens (primary N) is 1. The Balaban J connectivity index is 1.92. The first-order valence-corrected chi connectivity index (χ1v) is 9.52. The molecule has 5 rings (SSSR count). The van der Waals surface area contributed by atoms with Crippen molar-refractivity contribution in [1.29, 1.82) is 0 Å². The summed E-state index contributed by atoms with van der Waals surface area (Å²) in [6.45, 7) is 3.94. The average molecular weight is 380 g/mol. The molecule has 142 valence electrons. The van der Waals surface area contributed by atoms with Crippen LogP contribution in [0.4, 0.5) is 5.82 Å². The van der Waals surface area contributed by atoms with Crippen molar-refractivity contribution in [2.24, 2.45) is 0 Å².